The fraction of sp³-hybridized carbons (Fsp3) is 0.538. The molecule has 0 fully saturated rings. The van der Waals surface area contributed by atoms with Crippen molar-refractivity contribution in [2.75, 3.05) is 24.2 Å². The zero-order chi connectivity index (χ0) is 11.3. The number of hydrogen-bond acceptors (Lipinski definition) is 2. The van der Waals surface area contributed by atoms with E-state index < -0.39 is 0 Å². The van der Waals surface area contributed by atoms with Crippen LogP contribution >= 0.6 is 0 Å². The molecule has 0 bridgehead atoms. The van der Waals surface area contributed by atoms with Crippen LogP contribution in [0.4, 0.5) is 11.4 Å². The van der Waals surface area contributed by atoms with E-state index in [-0.39, 0.29) is 0 Å². The van der Waals surface area contributed by atoms with E-state index in [1.165, 1.54) is 24.9 Å². The van der Waals surface area contributed by atoms with Crippen molar-refractivity contribution in [1.82, 2.24) is 0 Å². The number of unbranched alkanes of at least 4 members (excludes halogenated alkanes) is 2. The molecule has 0 atom stereocenters. The highest BCUT2D eigenvalue weighted by molar-refractivity contribution is 5.57. The number of rotatable bonds is 5. The number of hydrogen-bond donors (Lipinski definition) is 1. The number of benzene rings is 1. The summed E-state index contributed by atoms with van der Waals surface area (Å²) in [4.78, 5) is 2.29. The zero-order valence-corrected chi connectivity index (χ0v) is 10.1. The molecule has 0 saturated heterocycles. The Morgan fingerprint density at radius 3 is 2.60 bits per heavy atom. The lowest BCUT2D eigenvalue weighted by molar-refractivity contribution is 0.705. The highest BCUT2D eigenvalue weighted by Gasteiger charge is 2.01. The van der Waals surface area contributed by atoms with E-state index in [0.29, 0.717) is 0 Å². The second kappa shape index (κ2) is 5.64. The van der Waals surface area contributed by atoms with Crippen molar-refractivity contribution in [2.45, 2.75) is 33.1 Å². The van der Waals surface area contributed by atoms with Gasteiger partial charge in [0.05, 0.1) is 0 Å². The van der Waals surface area contributed by atoms with Crippen LogP contribution < -0.4 is 10.6 Å². The minimum atomic E-state index is 0.876. The van der Waals surface area contributed by atoms with E-state index in [2.05, 4.69) is 37.9 Å². The van der Waals surface area contributed by atoms with Crippen molar-refractivity contribution >= 4 is 11.4 Å². The standard InChI is InChI=1S/C13H22N2/c1-4-5-6-9-15(3)12-7-8-13(14)11(2)10-12/h7-8,10H,4-6,9,14H2,1-3H3. The van der Waals surface area contributed by atoms with Crippen LogP contribution in [-0.2, 0) is 0 Å². The van der Waals surface area contributed by atoms with E-state index in [9.17, 15) is 0 Å². The molecular formula is C13H22N2. The third-order valence-corrected chi connectivity index (χ3v) is 2.79. The van der Waals surface area contributed by atoms with Gasteiger partial charge in [-0.2, -0.15) is 0 Å². The fourth-order valence-corrected chi connectivity index (χ4v) is 1.63. The lowest BCUT2D eigenvalue weighted by atomic mass is 10.1. The highest BCUT2D eigenvalue weighted by Crippen LogP contribution is 2.19. The summed E-state index contributed by atoms with van der Waals surface area (Å²) < 4.78 is 0. The maximum atomic E-state index is 5.79. The lowest BCUT2D eigenvalue weighted by Crippen LogP contribution is -2.18. The molecule has 0 saturated carbocycles. The Morgan fingerprint density at radius 1 is 1.27 bits per heavy atom. The molecule has 0 heterocycles. The normalized spacial score (nSPS) is 10.3. The molecule has 84 valence electrons. The van der Waals surface area contributed by atoms with Crippen LogP contribution in [0.5, 0.6) is 0 Å². The highest BCUT2D eigenvalue weighted by atomic mass is 15.1. The number of nitrogens with two attached hydrogens (primary N) is 1. The smallest absolute Gasteiger partial charge is 0.0367 e. The summed E-state index contributed by atoms with van der Waals surface area (Å²) in [5.74, 6) is 0. The number of aryl methyl sites for hydroxylation is 1. The maximum Gasteiger partial charge on any atom is 0.0367 e. The predicted octanol–water partition coefficient (Wildman–Crippen LogP) is 3.20. The Kier molecular flexibility index (Phi) is 4.47. The van der Waals surface area contributed by atoms with Gasteiger partial charge in [0.1, 0.15) is 0 Å². The fourth-order valence-electron chi connectivity index (χ4n) is 1.63. The average molecular weight is 206 g/mol. The minimum Gasteiger partial charge on any atom is -0.399 e. The van der Waals surface area contributed by atoms with Gasteiger partial charge in [-0.3, -0.25) is 0 Å². The Morgan fingerprint density at radius 2 is 2.00 bits per heavy atom. The van der Waals surface area contributed by atoms with E-state index in [4.69, 9.17) is 5.73 Å². The van der Waals surface area contributed by atoms with Crippen molar-refractivity contribution in [3.8, 4) is 0 Å². The molecule has 2 N–H and O–H groups in total. The molecule has 0 aliphatic heterocycles. The molecule has 1 aromatic carbocycles. The predicted molar refractivity (Wildman–Crippen MR) is 68.4 cm³/mol. The Labute approximate surface area is 93.1 Å². The molecule has 0 radical (unpaired) electrons. The van der Waals surface area contributed by atoms with Crippen molar-refractivity contribution in [2.24, 2.45) is 0 Å². The average Bonchev–Trinajstić information content (AvgIpc) is 2.22. The molecule has 0 amide bonds. The summed E-state index contributed by atoms with van der Waals surface area (Å²) in [6.45, 7) is 5.41. The first-order valence-electron chi connectivity index (χ1n) is 5.72. The Bertz CT molecular complexity index is 307. The first-order chi connectivity index (χ1) is 7.15. The summed E-state index contributed by atoms with van der Waals surface area (Å²) in [5.41, 5.74) is 9.09. The van der Waals surface area contributed by atoms with Crippen LogP contribution in [-0.4, -0.2) is 13.6 Å². The van der Waals surface area contributed by atoms with Crippen molar-refractivity contribution in [3.63, 3.8) is 0 Å². The molecular weight excluding hydrogens is 184 g/mol. The van der Waals surface area contributed by atoms with Crippen LogP contribution in [0.1, 0.15) is 31.7 Å². The first-order valence-corrected chi connectivity index (χ1v) is 5.72. The first kappa shape index (κ1) is 11.9. The molecule has 0 aliphatic rings. The quantitative estimate of drug-likeness (QED) is 0.592. The van der Waals surface area contributed by atoms with Crippen LogP contribution in [0.3, 0.4) is 0 Å². The SMILES string of the molecule is CCCCCN(C)c1ccc(N)c(C)c1. The summed E-state index contributed by atoms with van der Waals surface area (Å²) >= 11 is 0. The maximum absolute atomic E-state index is 5.79. The molecule has 0 spiro atoms. The van der Waals surface area contributed by atoms with E-state index in [1.807, 2.05) is 6.07 Å². The number of nitrogens with zero attached hydrogens (tertiary/aromatic N) is 1. The van der Waals surface area contributed by atoms with Crippen molar-refractivity contribution in [3.05, 3.63) is 23.8 Å². The van der Waals surface area contributed by atoms with Crippen LogP contribution in [0.15, 0.2) is 18.2 Å². The van der Waals surface area contributed by atoms with Gasteiger partial charge in [-0.15, -0.1) is 0 Å². The second-order valence-corrected chi connectivity index (χ2v) is 4.17. The molecule has 1 aromatic rings. The van der Waals surface area contributed by atoms with Gasteiger partial charge >= 0.3 is 0 Å². The van der Waals surface area contributed by atoms with Gasteiger partial charge in [0, 0.05) is 25.0 Å². The Balaban J connectivity index is 2.57. The largest absolute Gasteiger partial charge is 0.399 e. The van der Waals surface area contributed by atoms with E-state index >= 15 is 0 Å². The second-order valence-electron chi connectivity index (χ2n) is 4.17. The van der Waals surface area contributed by atoms with Gasteiger partial charge in [-0.1, -0.05) is 19.8 Å². The van der Waals surface area contributed by atoms with Gasteiger partial charge in [-0.25, -0.2) is 0 Å². The van der Waals surface area contributed by atoms with Crippen LogP contribution in [0.25, 0.3) is 0 Å². The summed E-state index contributed by atoms with van der Waals surface area (Å²) in [6.07, 6.45) is 3.84. The molecule has 15 heavy (non-hydrogen) atoms. The van der Waals surface area contributed by atoms with Crippen molar-refractivity contribution in [1.29, 1.82) is 0 Å². The van der Waals surface area contributed by atoms with E-state index in [0.717, 1.165) is 17.8 Å². The van der Waals surface area contributed by atoms with Crippen LogP contribution in [0, 0.1) is 6.92 Å². The third kappa shape index (κ3) is 3.46. The van der Waals surface area contributed by atoms with Gasteiger partial charge in [0.15, 0.2) is 0 Å². The summed E-state index contributed by atoms with van der Waals surface area (Å²) in [7, 11) is 2.14. The van der Waals surface area contributed by atoms with Crippen LogP contribution in [0.2, 0.25) is 0 Å². The number of anilines is 2. The van der Waals surface area contributed by atoms with Gasteiger partial charge in [-0.05, 0) is 37.1 Å². The Hall–Kier alpha value is -1.18. The molecule has 0 aromatic heterocycles. The molecule has 1 rings (SSSR count). The third-order valence-electron chi connectivity index (χ3n) is 2.79. The zero-order valence-electron chi connectivity index (χ0n) is 10.1. The molecule has 2 nitrogen and oxygen atoms in total. The van der Waals surface area contributed by atoms with Gasteiger partial charge in [0.25, 0.3) is 0 Å². The lowest BCUT2D eigenvalue weighted by Gasteiger charge is -2.20. The summed E-state index contributed by atoms with van der Waals surface area (Å²) in [6, 6.07) is 6.23. The topological polar surface area (TPSA) is 29.3 Å². The minimum absolute atomic E-state index is 0.876. The monoisotopic (exact) mass is 206 g/mol. The molecule has 0 unspecified atom stereocenters. The molecule has 0 aliphatic carbocycles. The van der Waals surface area contributed by atoms with Gasteiger partial charge in [0.2, 0.25) is 0 Å². The van der Waals surface area contributed by atoms with E-state index in [1.54, 1.807) is 0 Å². The summed E-state index contributed by atoms with van der Waals surface area (Å²) in [5, 5.41) is 0. The van der Waals surface area contributed by atoms with Gasteiger partial charge < -0.3 is 10.6 Å². The number of nitrogen functional groups attached to an aromatic ring is 1. The van der Waals surface area contributed by atoms with Crippen molar-refractivity contribution < 1.29 is 0 Å². The molecule has 2 heteroatoms.